The van der Waals surface area contributed by atoms with Crippen LogP contribution < -0.4 is 4.46 Å². The zero-order chi connectivity index (χ0) is 32.6. The van der Waals surface area contributed by atoms with Gasteiger partial charge in [-0.05, 0) is 32.1 Å². The molecule has 0 radical (unpaired) electrons. The van der Waals surface area contributed by atoms with Crippen molar-refractivity contribution in [3.05, 3.63) is 42.5 Å². The van der Waals surface area contributed by atoms with Crippen molar-refractivity contribution < 1.29 is 38.4 Å². The van der Waals surface area contributed by atoms with E-state index in [1.165, 1.54) is 7.11 Å². The summed E-state index contributed by atoms with van der Waals surface area (Å²) in [6.45, 7) is 3.63. The molecule has 1 aromatic carbocycles. The van der Waals surface area contributed by atoms with Gasteiger partial charge in [-0.15, -0.1) is 0 Å². The number of hydrogen-bond donors (Lipinski definition) is 1. The first-order valence-electron chi connectivity index (χ1n) is 17.7. The molecule has 0 aromatic heterocycles. The second-order valence-corrected chi connectivity index (χ2v) is 15.6. The predicted octanol–water partition coefficient (Wildman–Crippen LogP) is 6.06. The molecule has 0 spiro atoms. The average molecular weight is 708 g/mol. The molecule has 3 aliphatic rings. The minimum absolute atomic E-state index is 0.0703. The molecule has 3 unspecified atom stereocenters. The zero-order valence-electron chi connectivity index (χ0n) is 27.9. The number of ketones is 1. The van der Waals surface area contributed by atoms with Crippen LogP contribution in [0, 0.1) is 11.8 Å². The van der Waals surface area contributed by atoms with Crippen LogP contribution in [0.25, 0.3) is 0 Å². The van der Waals surface area contributed by atoms with Crippen LogP contribution in [0.2, 0.25) is 4.82 Å². The van der Waals surface area contributed by atoms with Crippen molar-refractivity contribution in [2.24, 2.45) is 11.8 Å². The molecule has 3 fully saturated rings. The van der Waals surface area contributed by atoms with Gasteiger partial charge in [0.2, 0.25) is 0 Å². The molecule has 1 aromatic rings. The van der Waals surface area contributed by atoms with Gasteiger partial charge >= 0.3 is 201 Å². The number of hydrogen-bond acceptors (Lipinski definition) is 8. The van der Waals surface area contributed by atoms with Gasteiger partial charge < -0.3 is 4.74 Å². The number of benzene rings is 1. The molecule has 8 atom stereocenters. The van der Waals surface area contributed by atoms with Crippen molar-refractivity contribution in [2.75, 3.05) is 20.3 Å². The van der Waals surface area contributed by atoms with Crippen LogP contribution in [0.4, 0.5) is 0 Å². The Balaban J connectivity index is 1.40. The quantitative estimate of drug-likeness (QED) is 0.0802. The van der Waals surface area contributed by atoms with E-state index in [9.17, 15) is 14.7 Å². The fourth-order valence-corrected chi connectivity index (χ4v) is 9.09. The van der Waals surface area contributed by atoms with E-state index in [1.54, 1.807) is 0 Å². The summed E-state index contributed by atoms with van der Waals surface area (Å²) >= 11 is -0.0703. The Bertz CT molecular complexity index is 1040. The Labute approximate surface area is 282 Å². The number of Topliss-reactive ketones (excluding diaryl/α,β-unsaturated/α-hetero) is 1. The fourth-order valence-electron chi connectivity index (χ4n) is 6.74. The smallest absolute Gasteiger partial charge is 0.353 e. The second-order valence-electron chi connectivity index (χ2n) is 12.9. The molecule has 4 rings (SSSR count). The van der Waals surface area contributed by atoms with Crippen LogP contribution in [-0.2, 0) is 33.3 Å². The van der Waals surface area contributed by atoms with Crippen LogP contribution in [0.3, 0.4) is 0 Å². The third kappa shape index (κ3) is 12.5. The van der Waals surface area contributed by atoms with Crippen molar-refractivity contribution >= 4 is 31.2 Å². The third-order valence-corrected chi connectivity index (χ3v) is 12.0. The molecule has 8 nitrogen and oxygen atoms in total. The van der Waals surface area contributed by atoms with Crippen molar-refractivity contribution in [3.8, 4) is 0 Å². The number of ether oxygens (including phenoxy) is 5. The normalized spacial score (nSPS) is 28.2. The number of esters is 1. The van der Waals surface area contributed by atoms with Crippen LogP contribution in [0.1, 0.15) is 103 Å². The summed E-state index contributed by atoms with van der Waals surface area (Å²) in [5, 5.41) is 11.3. The Kier molecular flexibility index (Phi) is 16.8. The molecule has 9 heteroatoms. The third-order valence-electron chi connectivity index (χ3n) is 9.33. The van der Waals surface area contributed by atoms with Crippen LogP contribution in [0.15, 0.2) is 42.5 Å². The monoisotopic (exact) mass is 708 g/mol. The molecular weight excluding hydrogens is 651 g/mol. The maximum absolute atomic E-state index is 13.4. The van der Waals surface area contributed by atoms with Gasteiger partial charge in [0.25, 0.3) is 0 Å². The van der Waals surface area contributed by atoms with Crippen molar-refractivity contribution in [1.82, 2.24) is 0 Å². The molecule has 258 valence electrons. The molecule has 2 aliphatic heterocycles. The van der Waals surface area contributed by atoms with Crippen molar-refractivity contribution in [3.63, 3.8) is 0 Å². The van der Waals surface area contributed by atoms with E-state index in [0.717, 1.165) is 75.3 Å². The van der Waals surface area contributed by atoms with Crippen LogP contribution in [-0.4, -0.2) is 83.0 Å². The topological polar surface area (TPSA) is 101 Å². The first-order chi connectivity index (χ1) is 22.5. The first-order valence-corrected chi connectivity index (χ1v) is 19.5. The SMILES string of the molecule is CCCCC[C@@H](/C=C/[C@@H]1[C@@H](CC(=O)CCCC([Se]c2ccccc2)C(=O)OC)[C@@H](O)C[C@H]1OC1CCCCO1)OC1CCCCO1. The van der Waals surface area contributed by atoms with Gasteiger partial charge in [0.1, 0.15) is 0 Å². The van der Waals surface area contributed by atoms with Gasteiger partial charge in [-0.2, -0.15) is 0 Å². The molecule has 1 saturated carbocycles. The minimum Gasteiger partial charge on any atom is -0.353 e. The van der Waals surface area contributed by atoms with E-state index in [2.05, 4.69) is 19.1 Å². The number of unbranched alkanes of at least 4 members (excludes halogenated alkanes) is 2. The van der Waals surface area contributed by atoms with E-state index < -0.39 is 6.10 Å². The molecule has 1 N–H and O–H groups in total. The second kappa shape index (κ2) is 20.7. The van der Waals surface area contributed by atoms with Crippen LogP contribution in [0.5, 0.6) is 0 Å². The Morgan fingerprint density at radius 3 is 2.41 bits per heavy atom. The van der Waals surface area contributed by atoms with E-state index in [0.29, 0.717) is 32.3 Å². The van der Waals surface area contributed by atoms with E-state index in [4.69, 9.17) is 23.7 Å². The minimum atomic E-state index is -0.641. The fraction of sp³-hybridized carbons (Fsp3) is 0.730. The van der Waals surface area contributed by atoms with Gasteiger partial charge in [-0.3, -0.25) is 0 Å². The summed E-state index contributed by atoms with van der Waals surface area (Å²) in [5.74, 6) is -0.478. The summed E-state index contributed by atoms with van der Waals surface area (Å²) in [5.41, 5.74) is 0. The summed E-state index contributed by atoms with van der Waals surface area (Å²) in [4.78, 5) is 25.7. The van der Waals surface area contributed by atoms with Gasteiger partial charge in [0.15, 0.2) is 6.29 Å². The van der Waals surface area contributed by atoms with Gasteiger partial charge in [-0.1, -0.05) is 26.2 Å². The van der Waals surface area contributed by atoms with Crippen molar-refractivity contribution in [1.29, 1.82) is 0 Å². The van der Waals surface area contributed by atoms with E-state index >= 15 is 0 Å². The van der Waals surface area contributed by atoms with Gasteiger partial charge in [0.05, 0.1) is 0 Å². The maximum atomic E-state index is 13.4. The van der Waals surface area contributed by atoms with E-state index in [1.807, 2.05) is 30.3 Å². The predicted molar refractivity (Wildman–Crippen MR) is 179 cm³/mol. The number of carbonyl (C=O) groups is 2. The molecule has 1 aliphatic carbocycles. The molecule has 0 amide bonds. The van der Waals surface area contributed by atoms with Crippen LogP contribution >= 0.6 is 0 Å². The number of aliphatic hydroxyl groups excluding tert-OH is 1. The number of methoxy groups -OCH3 is 1. The molecule has 2 heterocycles. The average Bonchev–Trinajstić information content (AvgIpc) is 3.36. The molecule has 0 bridgehead atoms. The van der Waals surface area contributed by atoms with Gasteiger partial charge in [0, 0.05) is 13.2 Å². The number of aliphatic hydroxyl groups is 1. The van der Waals surface area contributed by atoms with Crippen molar-refractivity contribution in [2.45, 2.75) is 139 Å². The Morgan fingerprint density at radius 1 is 1.00 bits per heavy atom. The summed E-state index contributed by atoms with van der Waals surface area (Å²) < 4.78 is 30.9. The molecule has 2 saturated heterocycles. The first kappa shape index (κ1) is 37.2. The number of carbonyl (C=O) groups excluding carboxylic acids is 2. The zero-order valence-corrected chi connectivity index (χ0v) is 29.6. The molecular formula is C37H56O8Se. The Morgan fingerprint density at radius 2 is 1.74 bits per heavy atom. The standard InChI is InChI=1S/C37H56O8Se/c1-3-4-6-15-28(44-35-19-9-11-23-42-35)21-22-30-31(32(39)26-33(30)45-36-20-10-12-24-43-36)25-27(38)14-13-18-34(37(40)41-2)46-29-16-7-5-8-17-29/h5,7-8,16-17,21-22,28,30-36,39H,3-4,6,9-15,18-20,23-26H2,1-2H3/b22-21+/t28-,30+,31+,32-,33+,34?,35?,36?/m0/s1. The Hall–Kier alpha value is -1.58. The summed E-state index contributed by atoms with van der Waals surface area (Å²) in [6.07, 6.45) is 15.5. The summed E-state index contributed by atoms with van der Waals surface area (Å²) in [6, 6.07) is 10.00. The number of rotatable bonds is 19. The molecule has 46 heavy (non-hydrogen) atoms. The van der Waals surface area contributed by atoms with Gasteiger partial charge in [-0.25, -0.2) is 0 Å². The summed E-state index contributed by atoms with van der Waals surface area (Å²) in [7, 11) is 1.43. The van der Waals surface area contributed by atoms with E-state index in [-0.39, 0.29) is 74.6 Å².